The molecule has 0 saturated heterocycles. The van der Waals surface area contributed by atoms with E-state index < -0.39 is 5.97 Å². The van der Waals surface area contributed by atoms with E-state index in [1.165, 1.54) is 12.8 Å². The van der Waals surface area contributed by atoms with E-state index in [4.69, 9.17) is 5.11 Å². The van der Waals surface area contributed by atoms with E-state index in [0.29, 0.717) is 5.69 Å². The zero-order valence-corrected chi connectivity index (χ0v) is 11.9. The van der Waals surface area contributed by atoms with Gasteiger partial charge < -0.3 is 9.67 Å². The third kappa shape index (κ3) is 3.50. The lowest BCUT2D eigenvalue weighted by atomic mass is 10.1. The number of carboxylic acids is 1. The molecule has 1 unspecified atom stereocenters. The minimum atomic E-state index is -0.842. The number of aromatic nitrogens is 1. The molecule has 4 heteroatoms. The van der Waals surface area contributed by atoms with Gasteiger partial charge in [-0.05, 0) is 42.0 Å². The Kier molecular flexibility index (Phi) is 5.31. The number of aromatic carboxylic acids is 1. The molecule has 0 aliphatic carbocycles. The molecule has 1 rings (SSSR count). The van der Waals surface area contributed by atoms with Crippen LogP contribution in [0.3, 0.4) is 0 Å². The Morgan fingerprint density at radius 2 is 2.25 bits per heavy atom. The van der Waals surface area contributed by atoms with Gasteiger partial charge in [-0.15, -0.1) is 0 Å². The number of nitrogens with zero attached hydrogens (tertiary/aromatic N) is 1. The highest BCUT2D eigenvalue weighted by molar-refractivity contribution is 14.1. The maximum absolute atomic E-state index is 11.0. The highest BCUT2D eigenvalue weighted by Gasteiger charge is 2.15. The third-order valence-corrected chi connectivity index (χ3v) is 3.32. The fourth-order valence-electron chi connectivity index (χ4n) is 1.81. The largest absolute Gasteiger partial charge is 0.477 e. The van der Waals surface area contributed by atoms with Crippen LogP contribution in [0.25, 0.3) is 0 Å². The van der Waals surface area contributed by atoms with Crippen molar-refractivity contribution >= 4 is 28.6 Å². The summed E-state index contributed by atoms with van der Waals surface area (Å²) in [4.78, 5) is 11.0. The zero-order valence-electron chi connectivity index (χ0n) is 9.74. The number of rotatable bonds is 6. The Hall–Kier alpha value is -0.520. The highest BCUT2D eigenvalue weighted by atomic mass is 127. The number of carbonyl (C=O) groups is 1. The second-order valence-electron chi connectivity index (χ2n) is 4.10. The predicted molar refractivity (Wildman–Crippen MR) is 73.0 cm³/mol. The average Bonchev–Trinajstić information content (AvgIpc) is 2.61. The lowest BCUT2D eigenvalue weighted by Gasteiger charge is -2.15. The molecule has 0 aliphatic heterocycles. The molecule has 1 N–H and O–H groups in total. The van der Waals surface area contributed by atoms with Gasteiger partial charge in [0.05, 0.1) is 0 Å². The van der Waals surface area contributed by atoms with Gasteiger partial charge in [-0.3, -0.25) is 0 Å². The third-order valence-electron chi connectivity index (χ3n) is 2.73. The Balaban J connectivity index is 2.73. The van der Waals surface area contributed by atoms with Crippen molar-refractivity contribution in [2.24, 2.45) is 0 Å². The highest BCUT2D eigenvalue weighted by Crippen LogP contribution is 2.21. The maximum Gasteiger partial charge on any atom is 0.352 e. The Morgan fingerprint density at radius 3 is 2.81 bits per heavy atom. The summed E-state index contributed by atoms with van der Waals surface area (Å²) in [5.41, 5.74) is 0.397. The minimum absolute atomic E-state index is 0.265. The molecule has 1 aromatic heterocycles. The lowest BCUT2D eigenvalue weighted by Crippen LogP contribution is -2.11. The smallest absolute Gasteiger partial charge is 0.352 e. The quantitative estimate of drug-likeness (QED) is 0.632. The van der Waals surface area contributed by atoms with Crippen molar-refractivity contribution in [3.05, 3.63) is 21.5 Å². The topological polar surface area (TPSA) is 42.2 Å². The molecule has 0 spiro atoms. The van der Waals surface area contributed by atoms with Crippen LogP contribution in [0, 0.1) is 3.57 Å². The first kappa shape index (κ1) is 13.5. The van der Waals surface area contributed by atoms with Gasteiger partial charge in [0.25, 0.3) is 0 Å². The molecule has 0 amide bonds. The summed E-state index contributed by atoms with van der Waals surface area (Å²) < 4.78 is 2.86. The Labute approximate surface area is 110 Å². The number of halogens is 1. The number of unbranched alkanes of at least 4 members (excludes halogenated alkanes) is 2. The average molecular weight is 335 g/mol. The molecule has 1 aromatic rings. The van der Waals surface area contributed by atoms with Gasteiger partial charge in [-0.25, -0.2) is 4.79 Å². The summed E-state index contributed by atoms with van der Waals surface area (Å²) >= 11 is 2.15. The van der Waals surface area contributed by atoms with Gasteiger partial charge in [0.1, 0.15) is 5.69 Å². The monoisotopic (exact) mass is 335 g/mol. The van der Waals surface area contributed by atoms with E-state index in [9.17, 15) is 4.79 Å². The molecule has 0 aromatic carbocycles. The zero-order chi connectivity index (χ0) is 12.1. The first-order chi connectivity index (χ1) is 7.56. The van der Waals surface area contributed by atoms with Crippen LogP contribution in [0.5, 0.6) is 0 Å². The van der Waals surface area contributed by atoms with Crippen LogP contribution in [0.4, 0.5) is 0 Å². The summed E-state index contributed by atoms with van der Waals surface area (Å²) in [6.45, 7) is 4.25. The van der Waals surface area contributed by atoms with Crippen molar-refractivity contribution in [1.29, 1.82) is 0 Å². The minimum Gasteiger partial charge on any atom is -0.477 e. The normalized spacial score (nSPS) is 12.7. The summed E-state index contributed by atoms with van der Waals surface area (Å²) in [6.07, 6.45) is 6.53. The number of hydrogen-bond acceptors (Lipinski definition) is 1. The molecule has 16 heavy (non-hydrogen) atoms. The van der Waals surface area contributed by atoms with Gasteiger partial charge in [0, 0.05) is 15.8 Å². The van der Waals surface area contributed by atoms with Crippen LogP contribution in [0.1, 0.15) is 56.1 Å². The van der Waals surface area contributed by atoms with E-state index in [2.05, 4.69) is 36.4 Å². The number of carboxylic acid groups (broad SMARTS) is 1. The van der Waals surface area contributed by atoms with E-state index in [-0.39, 0.29) is 6.04 Å². The van der Waals surface area contributed by atoms with Crippen LogP contribution in [0.15, 0.2) is 12.3 Å². The van der Waals surface area contributed by atoms with Crippen LogP contribution in [-0.4, -0.2) is 15.6 Å². The first-order valence-electron chi connectivity index (χ1n) is 5.67. The Bertz CT molecular complexity index is 360. The SMILES string of the molecule is CCCCCC(C)n1cc(I)cc1C(=O)O. The molecule has 0 aliphatic rings. The molecule has 3 nitrogen and oxygen atoms in total. The van der Waals surface area contributed by atoms with E-state index in [0.717, 1.165) is 16.4 Å². The van der Waals surface area contributed by atoms with Gasteiger partial charge >= 0.3 is 5.97 Å². The van der Waals surface area contributed by atoms with Crippen LogP contribution in [0.2, 0.25) is 0 Å². The fourth-order valence-corrected chi connectivity index (χ4v) is 2.41. The molecule has 0 bridgehead atoms. The van der Waals surface area contributed by atoms with Crippen LogP contribution in [-0.2, 0) is 0 Å². The molecule has 1 heterocycles. The molecule has 90 valence electrons. The maximum atomic E-state index is 11.0. The standard InChI is InChI=1S/C12H18INO2/c1-3-4-5-6-9(2)14-8-10(13)7-11(14)12(15)16/h7-9H,3-6H2,1-2H3,(H,15,16). The lowest BCUT2D eigenvalue weighted by molar-refractivity contribution is 0.0682. The van der Waals surface area contributed by atoms with Crippen molar-refractivity contribution < 1.29 is 9.90 Å². The molecular formula is C12H18INO2. The predicted octanol–water partition coefficient (Wildman–Crippen LogP) is 3.93. The van der Waals surface area contributed by atoms with Crippen molar-refractivity contribution in [1.82, 2.24) is 4.57 Å². The van der Waals surface area contributed by atoms with Crippen LogP contribution < -0.4 is 0 Å². The summed E-state index contributed by atoms with van der Waals surface area (Å²) in [7, 11) is 0. The van der Waals surface area contributed by atoms with E-state index >= 15 is 0 Å². The van der Waals surface area contributed by atoms with Crippen molar-refractivity contribution in [2.45, 2.75) is 45.6 Å². The Morgan fingerprint density at radius 1 is 1.56 bits per heavy atom. The van der Waals surface area contributed by atoms with Gasteiger partial charge in [-0.2, -0.15) is 0 Å². The van der Waals surface area contributed by atoms with Crippen molar-refractivity contribution in [2.75, 3.05) is 0 Å². The molecule has 0 fully saturated rings. The second-order valence-corrected chi connectivity index (χ2v) is 5.35. The second kappa shape index (κ2) is 6.27. The van der Waals surface area contributed by atoms with Gasteiger partial charge in [0.2, 0.25) is 0 Å². The van der Waals surface area contributed by atoms with Crippen molar-refractivity contribution in [3.63, 3.8) is 0 Å². The van der Waals surface area contributed by atoms with E-state index in [1.54, 1.807) is 6.07 Å². The fraction of sp³-hybridized carbons (Fsp3) is 0.583. The molecule has 0 saturated carbocycles. The van der Waals surface area contributed by atoms with Crippen molar-refractivity contribution in [3.8, 4) is 0 Å². The summed E-state index contributed by atoms with van der Waals surface area (Å²) in [6, 6.07) is 1.99. The molecule has 0 radical (unpaired) electrons. The van der Waals surface area contributed by atoms with Gasteiger partial charge in [0.15, 0.2) is 0 Å². The molecular weight excluding hydrogens is 317 g/mol. The van der Waals surface area contributed by atoms with Crippen LogP contribution >= 0.6 is 22.6 Å². The van der Waals surface area contributed by atoms with E-state index in [1.807, 2.05) is 10.8 Å². The van der Waals surface area contributed by atoms with Gasteiger partial charge in [-0.1, -0.05) is 26.2 Å². The first-order valence-corrected chi connectivity index (χ1v) is 6.74. The summed E-state index contributed by atoms with van der Waals surface area (Å²) in [5, 5.41) is 9.08. The summed E-state index contributed by atoms with van der Waals surface area (Å²) in [5.74, 6) is -0.842. The molecule has 1 atom stereocenters. The number of hydrogen-bond donors (Lipinski definition) is 1.